The molecule has 0 radical (unpaired) electrons. The number of rotatable bonds is 4. The smallest absolute Gasteiger partial charge is 0.104 e. The second kappa shape index (κ2) is 5.77. The normalized spacial score (nSPS) is 10.3. The summed E-state index contributed by atoms with van der Waals surface area (Å²) in [4.78, 5) is 5.83. The number of nitrogens with one attached hydrogen (secondary N) is 1. The van der Waals surface area contributed by atoms with Gasteiger partial charge in [-0.25, -0.2) is 4.98 Å². The number of anilines is 1. The summed E-state index contributed by atoms with van der Waals surface area (Å²) < 4.78 is 0.953. The summed E-state index contributed by atoms with van der Waals surface area (Å²) in [5.41, 5.74) is 7.46. The fourth-order valence-corrected chi connectivity index (χ4v) is 2.86. The molecule has 0 aliphatic rings. The second-order valence-corrected chi connectivity index (χ2v) is 6.37. The number of halogens is 1. The molecule has 3 N–H and O–H groups in total. The van der Waals surface area contributed by atoms with E-state index >= 15 is 0 Å². The Morgan fingerprint density at radius 1 is 1.56 bits per heavy atom. The Kier molecular flexibility index (Phi) is 4.31. The zero-order valence-corrected chi connectivity index (χ0v) is 13.0. The highest BCUT2D eigenvalue weighted by atomic mass is 79.9. The molecule has 0 atom stereocenters. The molecule has 0 saturated carbocycles. The average molecular weight is 342 g/mol. The van der Waals surface area contributed by atoms with E-state index in [0.717, 1.165) is 27.3 Å². The highest BCUT2D eigenvalue weighted by molar-refractivity contribution is 9.10. The molecule has 0 amide bonds. The number of hydrogen-bond acceptors (Lipinski definition) is 4. The molecular weight excluding hydrogens is 330 g/mol. The van der Waals surface area contributed by atoms with Crippen LogP contribution >= 0.6 is 39.5 Å². The molecule has 2 rings (SSSR count). The fourth-order valence-electron chi connectivity index (χ4n) is 1.48. The lowest BCUT2D eigenvalue weighted by Gasteiger charge is -2.08. The van der Waals surface area contributed by atoms with Crippen molar-refractivity contribution in [2.75, 3.05) is 5.32 Å². The van der Waals surface area contributed by atoms with Gasteiger partial charge >= 0.3 is 0 Å². The van der Waals surface area contributed by atoms with E-state index in [9.17, 15) is 0 Å². The quantitative estimate of drug-likeness (QED) is 0.836. The van der Waals surface area contributed by atoms with Gasteiger partial charge in [-0.15, -0.1) is 11.3 Å². The molecule has 0 bridgehead atoms. The average Bonchev–Trinajstić information content (AvgIpc) is 2.73. The summed E-state index contributed by atoms with van der Waals surface area (Å²) in [5, 5.41) is 4.43. The van der Waals surface area contributed by atoms with Gasteiger partial charge in [-0.2, -0.15) is 0 Å². The van der Waals surface area contributed by atoms with E-state index in [4.69, 9.17) is 18.0 Å². The van der Waals surface area contributed by atoms with Gasteiger partial charge in [0.1, 0.15) is 4.99 Å². The minimum atomic E-state index is 0.403. The molecule has 1 aromatic carbocycles. The summed E-state index contributed by atoms with van der Waals surface area (Å²) in [5.74, 6) is 0. The van der Waals surface area contributed by atoms with Crippen molar-refractivity contribution in [2.24, 2.45) is 5.73 Å². The van der Waals surface area contributed by atoms with Crippen LogP contribution in [0.25, 0.3) is 0 Å². The molecular formula is C12H12BrN3S2. The number of aryl methyl sites for hydroxylation is 1. The summed E-state index contributed by atoms with van der Waals surface area (Å²) in [7, 11) is 0. The van der Waals surface area contributed by atoms with Gasteiger partial charge in [-0.05, 0) is 41.1 Å². The van der Waals surface area contributed by atoms with Gasteiger partial charge < -0.3 is 11.1 Å². The van der Waals surface area contributed by atoms with Gasteiger partial charge in [0.15, 0.2) is 0 Å². The zero-order valence-electron chi connectivity index (χ0n) is 9.74. The van der Waals surface area contributed by atoms with E-state index in [-0.39, 0.29) is 0 Å². The van der Waals surface area contributed by atoms with Crippen LogP contribution < -0.4 is 11.1 Å². The van der Waals surface area contributed by atoms with Crippen molar-refractivity contribution in [2.45, 2.75) is 13.5 Å². The van der Waals surface area contributed by atoms with E-state index in [0.29, 0.717) is 4.99 Å². The summed E-state index contributed by atoms with van der Waals surface area (Å²) >= 11 is 10.1. The number of aromatic nitrogens is 1. The lowest BCUT2D eigenvalue weighted by Crippen LogP contribution is -2.09. The molecule has 0 aliphatic carbocycles. The first-order valence-electron chi connectivity index (χ1n) is 5.31. The number of nitrogens with two attached hydrogens (primary N) is 1. The maximum absolute atomic E-state index is 5.58. The van der Waals surface area contributed by atoms with Crippen molar-refractivity contribution in [1.29, 1.82) is 0 Å². The van der Waals surface area contributed by atoms with Gasteiger partial charge in [-0.1, -0.05) is 12.2 Å². The number of benzene rings is 1. The third-order valence-corrected chi connectivity index (χ3v) is 4.18. The first kappa shape index (κ1) is 13.5. The van der Waals surface area contributed by atoms with E-state index in [1.54, 1.807) is 11.3 Å². The van der Waals surface area contributed by atoms with Gasteiger partial charge in [-0.3, -0.25) is 0 Å². The second-order valence-electron chi connectivity index (χ2n) is 3.76. The van der Waals surface area contributed by atoms with Crippen LogP contribution in [0.1, 0.15) is 15.4 Å². The van der Waals surface area contributed by atoms with Gasteiger partial charge in [0, 0.05) is 26.8 Å². The first-order chi connectivity index (χ1) is 8.56. The number of thiazole rings is 1. The van der Waals surface area contributed by atoms with Crippen molar-refractivity contribution in [3.63, 3.8) is 0 Å². The number of nitrogens with zero attached hydrogens (tertiary/aromatic N) is 1. The molecule has 0 unspecified atom stereocenters. The molecule has 3 nitrogen and oxygen atoms in total. The van der Waals surface area contributed by atoms with Crippen LogP contribution in [0, 0.1) is 6.92 Å². The van der Waals surface area contributed by atoms with Gasteiger partial charge in [0.05, 0.1) is 11.6 Å². The van der Waals surface area contributed by atoms with E-state index in [2.05, 4.69) is 26.2 Å². The minimum absolute atomic E-state index is 0.403. The third-order valence-electron chi connectivity index (χ3n) is 2.38. The SMILES string of the molecule is Cc1ncc(CNc2ccc(C(N)=S)cc2Br)s1. The molecule has 94 valence electrons. The Hall–Kier alpha value is -0.980. The Morgan fingerprint density at radius 2 is 2.33 bits per heavy atom. The summed E-state index contributed by atoms with van der Waals surface area (Å²) in [6.07, 6.45) is 1.89. The molecule has 6 heteroatoms. The van der Waals surface area contributed by atoms with Crippen molar-refractivity contribution < 1.29 is 0 Å². The Labute approximate surface area is 124 Å². The maximum Gasteiger partial charge on any atom is 0.104 e. The van der Waals surface area contributed by atoms with Crippen molar-refractivity contribution in [3.8, 4) is 0 Å². The number of hydrogen-bond donors (Lipinski definition) is 2. The van der Waals surface area contributed by atoms with Crippen LogP contribution in [0.4, 0.5) is 5.69 Å². The summed E-state index contributed by atoms with van der Waals surface area (Å²) in [6, 6.07) is 5.79. The molecule has 1 aromatic heterocycles. The van der Waals surface area contributed by atoms with Crippen LogP contribution in [0.3, 0.4) is 0 Å². The monoisotopic (exact) mass is 341 g/mol. The van der Waals surface area contributed by atoms with Crippen LogP contribution in [0.2, 0.25) is 0 Å². The van der Waals surface area contributed by atoms with E-state index in [1.807, 2.05) is 31.3 Å². The van der Waals surface area contributed by atoms with Crippen LogP contribution in [0.5, 0.6) is 0 Å². The predicted octanol–water partition coefficient (Wildman–Crippen LogP) is 3.46. The molecule has 18 heavy (non-hydrogen) atoms. The molecule has 0 aliphatic heterocycles. The highest BCUT2D eigenvalue weighted by Gasteiger charge is 2.04. The van der Waals surface area contributed by atoms with Crippen LogP contribution in [-0.4, -0.2) is 9.97 Å². The molecule has 1 heterocycles. The maximum atomic E-state index is 5.58. The third kappa shape index (κ3) is 3.28. The number of thiocarbonyl (C=S) groups is 1. The Morgan fingerprint density at radius 3 is 2.89 bits per heavy atom. The Balaban J connectivity index is 2.08. The van der Waals surface area contributed by atoms with Gasteiger partial charge in [0.25, 0.3) is 0 Å². The molecule has 0 fully saturated rings. The molecule has 0 spiro atoms. The first-order valence-corrected chi connectivity index (χ1v) is 7.32. The predicted molar refractivity (Wildman–Crippen MR) is 84.2 cm³/mol. The van der Waals surface area contributed by atoms with Crippen molar-refractivity contribution in [1.82, 2.24) is 4.98 Å². The van der Waals surface area contributed by atoms with Crippen LogP contribution in [0.15, 0.2) is 28.9 Å². The topological polar surface area (TPSA) is 50.9 Å². The standard InChI is InChI=1S/C12H12BrN3S2/c1-7-15-5-9(18-7)6-16-11-3-2-8(12(14)17)4-10(11)13/h2-5,16H,6H2,1H3,(H2,14,17). The largest absolute Gasteiger partial charge is 0.389 e. The van der Waals surface area contributed by atoms with E-state index < -0.39 is 0 Å². The molecule has 0 saturated heterocycles. The zero-order chi connectivity index (χ0) is 13.1. The van der Waals surface area contributed by atoms with E-state index in [1.165, 1.54) is 4.88 Å². The van der Waals surface area contributed by atoms with Crippen molar-refractivity contribution >= 4 is 50.2 Å². The fraction of sp³-hybridized carbons (Fsp3) is 0.167. The van der Waals surface area contributed by atoms with Crippen molar-refractivity contribution in [3.05, 3.63) is 44.3 Å². The van der Waals surface area contributed by atoms with Crippen LogP contribution in [-0.2, 0) is 6.54 Å². The van der Waals surface area contributed by atoms with Gasteiger partial charge in [0.2, 0.25) is 0 Å². The highest BCUT2D eigenvalue weighted by Crippen LogP contribution is 2.25. The minimum Gasteiger partial charge on any atom is -0.389 e. The lowest BCUT2D eigenvalue weighted by atomic mass is 10.2. The summed E-state index contributed by atoms with van der Waals surface area (Å²) in [6.45, 7) is 2.76. The molecule has 2 aromatic rings. The Bertz CT molecular complexity index is 580. The lowest BCUT2D eigenvalue weighted by molar-refractivity contribution is 1.16.